The van der Waals surface area contributed by atoms with Gasteiger partial charge in [0.05, 0.1) is 12.8 Å². The Morgan fingerprint density at radius 1 is 1.42 bits per heavy atom. The lowest BCUT2D eigenvalue weighted by molar-refractivity contribution is 0.0607. The summed E-state index contributed by atoms with van der Waals surface area (Å²) in [5.74, 6) is -0.131. The minimum absolute atomic E-state index is 0.329. The maximum atomic E-state index is 11.6. The number of carbonyl (C=O) groups is 1. The van der Waals surface area contributed by atoms with Crippen molar-refractivity contribution in [3.8, 4) is 5.69 Å². The fraction of sp³-hybridized carbons (Fsp3) is 0.231. The maximum absolute atomic E-state index is 11.6. The Hall–Kier alpha value is -1.66. The number of aryl methyl sites for hydroxylation is 2. The van der Waals surface area contributed by atoms with Gasteiger partial charge in [0, 0.05) is 0 Å². The average molecular weight is 294 g/mol. The van der Waals surface area contributed by atoms with Gasteiger partial charge in [-0.05, 0) is 43.3 Å². The van der Waals surface area contributed by atoms with E-state index in [4.69, 9.17) is 22.7 Å². The normalized spacial score (nSPS) is 10.5. The van der Waals surface area contributed by atoms with Crippen LogP contribution in [-0.2, 0) is 4.74 Å². The number of rotatable bonds is 2. The van der Waals surface area contributed by atoms with Crippen LogP contribution in [0.25, 0.3) is 5.69 Å². The summed E-state index contributed by atoms with van der Waals surface area (Å²) in [6.07, 6.45) is 0. The smallest absolute Gasteiger partial charge is 0.351 e. The van der Waals surface area contributed by atoms with Crippen molar-refractivity contribution in [2.75, 3.05) is 12.8 Å². The van der Waals surface area contributed by atoms with Crippen LogP contribution < -0.4 is 5.73 Å². The maximum Gasteiger partial charge on any atom is 0.351 e. The van der Waals surface area contributed by atoms with Gasteiger partial charge in [-0.3, -0.25) is 4.57 Å². The van der Waals surface area contributed by atoms with E-state index in [-0.39, 0.29) is 0 Å². The third-order valence-electron chi connectivity index (χ3n) is 2.82. The highest BCUT2D eigenvalue weighted by molar-refractivity contribution is 7.73. The van der Waals surface area contributed by atoms with Crippen LogP contribution in [0, 0.1) is 17.8 Å². The van der Waals surface area contributed by atoms with Crippen molar-refractivity contribution in [3.05, 3.63) is 38.2 Å². The van der Waals surface area contributed by atoms with Gasteiger partial charge in [-0.2, -0.15) is 0 Å². The molecule has 19 heavy (non-hydrogen) atoms. The monoisotopic (exact) mass is 294 g/mol. The number of esters is 1. The van der Waals surface area contributed by atoms with Crippen LogP contribution in [0.4, 0.5) is 5.82 Å². The summed E-state index contributed by atoms with van der Waals surface area (Å²) < 4.78 is 6.96. The van der Waals surface area contributed by atoms with Gasteiger partial charge in [-0.15, -0.1) is 0 Å². The number of anilines is 1. The number of aromatic nitrogens is 1. The van der Waals surface area contributed by atoms with E-state index in [2.05, 4.69) is 0 Å². The number of hydrogen-bond donors (Lipinski definition) is 1. The summed E-state index contributed by atoms with van der Waals surface area (Å²) in [7, 11) is 1.33. The SMILES string of the molecule is COC(=O)c1sc(=S)n(-c2cc(C)ccc2C)c1N. The minimum Gasteiger partial charge on any atom is -0.465 e. The Kier molecular flexibility index (Phi) is 3.73. The molecule has 0 saturated carbocycles. The molecule has 1 aromatic carbocycles. The molecule has 0 atom stereocenters. The van der Waals surface area contributed by atoms with Gasteiger partial charge in [0.15, 0.2) is 8.83 Å². The molecule has 0 spiro atoms. The number of methoxy groups -OCH3 is 1. The first-order chi connectivity index (χ1) is 8.95. The molecule has 0 saturated heterocycles. The molecular formula is C13H14N2O2S2. The highest BCUT2D eigenvalue weighted by Gasteiger charge is 2.19. The summed E-state index contributed by atoms with van der Waals surface area (Å²) >= 11 is 6.47. The second kappa shape index (κ2) is 5.14. The molecule has 0 fully saturated rings. The fourth-order valence-corrected chi connectivity index (χ4v) is 3.08. The third kappa shape index (κ3) is 2.41. The highest BCUT2D eigenvalue weighted by Crippen LogP contribution is 2.28. The van der Waals surface area contributed by atoms with Crippen LogP contribution in [0.15, 0.2) is 18.2 Å². The number of hydrogen-bond acceptors (Lipinski definition) is 5. The van der Waals surface area contributed by atoms with Crippen LogP contribution in [0.5, 0.6) is 0 Å². The van der Waals surface area contributed by atoms with Gasteiger partial charge < -0.3 is 10.5 Å². The molecule has 2 rings (SSSR count). The van der Waals surface area contributed by atoms with Crippen molar-refractivity contribution in [3.63, 3.8) is 0 Å². The predicted octanol–water partition coefficient (Wildman–Crippen LogP) is 3.25. The number of nitrogens with zero attached hydrogens (tertiary/aromatic N) is 1. The molecule has 100 valence electrons. The molecule has 4 nitrogen and oxygen atoms in total. The number of benzene rings is 1. The van der Waals surface area contributed by atoms with E-state index in [0.717, 1.165) is 28.2 Å². The zero-order valence-electron chi connectivity index (χ0n) is 10.9. The Morgan fingerprint density at radius 3 is 2.74 bits per heavy atom. The van der Waals surface area contributed by atoms with Crippen LogP contribution in [0.3, 0.4) is 0 Å². The van der Waals surface area contributed by atoms with Gasteiger partial charge in [-0.1, -0.05) is 23.5 Å². The van der Waals surface area contributed by atoms with E-state index in [1.54, 1.807) is 4.57 Å². The van der Waals surface area contributed by atoms with Crippen molar-refractivity contribution >= 4 is 35.3 Å². The summed E-state index contributed by atoms with van der Waals surface area (Å²) in [5, 5.41) is 0. The highest BCUT2D eigenvalue weighted by atomic mass is 32.1. The van der Waals surface area contributed by atoms with Crippen LogP contribution >= 0.6 is 23.6 Å². The lowest BCUT2D eigenvalue weighted by Gasteiger charge is -2.10. The molecule has 0 aliphatic heterocycles. The van der Waals surface area contributed by atoms with E-state index < -0.39 is 5.97 Å². The molecule has 2 N–H and O–H groups in total. The Labute approximate surface area is 120 Å². The van der Waals surface area contributed by atoms with Crippen molar-refractivity contribution in [1.29, 1.82) is 0 Å². The molecule has 0 aliphatic rings. The molecule has 0 bridgehead atoms. The summed E-state index contributed by atoms with van der Waals surface area (Å²) in [6, 6.07) is 6.02. The first-order valence-electron chi connectivity index (χ1n) is 5.63. The standard InChI is InChI=1S/C13H14N2O2S2/c1-7-4-5-8(2)9(6-7)15-11(14)10(12(16)17-3)19-13(15)18/h4-6H,14H2,1-3H3. The second-order valence-corrected chi connectivity index (χ2v) is 5.84. The molecular weight excluding hydrogens is 280 g/mol. The van der Waals surface area contributed by atoms with Gasteiger partial charge in [0.1, 0.15) is 5.82 Å². The van der Waals surface area contributed by atoms with Crippen LogP contribution in [-0.4, -0.2) is 17.6 Å². The molecule has 0 unspecified atom stereocenters. The number of nitrogens with two attached hydrogens (primary N) is 1. The number of ether oxygens (including phenoxy) is 1. The van der Waals surface area contributed by atoms with E-state index in [1.807, 2.05) is 32.0 Å². The van der Waals surface area contributed by atoms with Gasteiger partial charge in [0.25, 0.3) is 0 Å². The van der Waals surface area contributed by atoms with E-state index in [0.29, 0.717) is 14.6 Å². The van der Waals surface area contributed by atoms with Crippen LogP contribution in [0.1, 0.15) is 20.8 Å². The van der Waals surface area contributed by atoms with Gasteiger partial charge in [0.2, 0.25) is 0 Å². The van der Waals surface area contributed by atoms with Gasteiger partial charge in [-0.25, -0.2) is 4.79 Å². The summed E-state index contributed by atoms with van der Waals surface area (Å²) in [5.41, 5.74) is 9.08. The lowest BCUT2D eigenvalue weighted by Crippen LogP contribution is -2.07. The van der Waals surface area contributed by atoms with E-state index in [9.17, 15) is 4.79 Å². The minimum atomic E-state index is -0.461. The van der Waals surface area contributed by atoms with E-state index >= 15 is 0 Å². The molecule has 0 amide bonds. The zero-order chi connectivity index (χ0) is 14.2. The molecule has 1 aromatic heterocycles. The molecule has 2 aromatic rings. The van der Waals surface area contributed by atoms with Crippen molar-refractivity contribution in [1.82, 2.24) is 4.57 Å². The molecule has 0 aliphatic carbocycles. The summed E-state index contributed by atoms with van der Waals surface area (Å²) in [6.45, 7) is 3.97. The number of thiazole rings is 1. The van der Waals surface area contributed by atoms with Crippen molar-refractivity contribution < 1.29 is 9.53 Å². The van der Waals surface area contributed by atoms with Crippen molar-refractivity contribution in [2.24, 2.45) is 0 Å². The lowest BCUT2D eigenvalue weighted by atomic mass is 10.1. The molecule has 0 radical (unpaired) electrons. The molecule has 6 heteroatoms. The second-order valence-electron chi connectivity index (χ2n) is 4.20. The zero-order valence-corrected chi connectivity index (χ0v) is 12.5. The van der Waals surface area contributed by atoms with Crippen LogP contribution in [0.2, 0.25) is 0 Å². The predicted molar refractivity (Wildman–Crippen MR) is 79.7 cm³/mol. The quantitative estimate of drug-likeness (QED) is 0.682. The first kappa shape index (κ1) is 13.8. The van der Waals surface area contributed by atoms with Crippen molar-refractivity contribution in [2.45, 2.75) is 13.8 Å². The number of nitrogen functional groups attached to an aromatic ring is 1. The average Bonchev–Trinajstić information content (AvgIpc) is 2.67. The van der Waals surface area contributed by atoms with Gasteiger partial charge >= 0.3 is 5.97 Å². The Balaban J connectivity index is 2.70. The Morgan fingerprint density at radius 2 is 2.11 bits per heavy atom. The Bertz CT molecular complexity index is 701. The first-order valence-corrected chi connectivity index (χ1v) is 6.85. The topological polar surface area (TPSA) is 57.2 Å². The fourth-order valence-electron chi connectivity index (χ4n) is 1.81. The number of carbonyl (C=O) groups excluding carboxylic acids is 1. The largest absolute Gasteiger partial charge is 0.465 e. The molecule has 1 heterocycles. The summed E-state index contributed by atoms with van der Waals surface area (Å²) in [4.78, 5) is 12.0. The third-order valence-corrected chi connectivity index (χ3v) is 4.19. The van der Waals surface area contributed by atoms with E-state index in [1.165, 1.54) is 7.11 Å².